The molecule has 4 heteroatoms. The molecule has 0 aliphatic rings. The Labute approximate surface area is 86.0 Å². The first-order valence-corrected chi connectivity index (χ1v) is 4.20. The maximum atomic E-state index is 9.48. The van der Waals surface area contributed by atoms with Crippen LogP contribution in [0.25, 0.3) is 0 Å². The Morgan fingerprint density at radius 2 is 1.86 bits per heavy atom. The molecule has 14 heavy (non-hydrogen) atoms. The second-order valence-corrected chi connectivity index (χ2v) is 1.78. The maximum Gasteiger partial charge on any atom is 0.192 e. The zero-order valence-corrected chi connectivity index (χ0v) is 9.29. The number of carbonyl (C=O) groups is 2. The van der Waals surface area contributed by atoms with Crippen molar-refractivity contribution in [2.24, 2.45) is 0 Å². The van der Waals surface area contributed by atoms with E-state index in [-0.39, 0.29) is 0 Å². The van der Waals surface area contributed by atoms with E-state index in [4.69, 9.17) is 4.79 Å². The Hall–Kier alpha value is -1.18. The molecule has 0 rings (SSSR count). The van der Waals surface area contributed by atoms with Crippen LogP contribution in [0.3, 0.4) is 0 Å². The standard InChI is InChI=1S/C5H7NO.C3H8O.C2H4O/c1-6-4-2-3-5-7;1-3-4-2;1-2-3/h5-6H,4H2,1H3;3H2,1-2H3;2H,1H3. The summed E-state index contributed by atoms with van der Waals surface area (Å²) in [5.41, 5.74) is 0. The lowest BCUT2D eigenvalue weighted by molar-refractivity contribution is -0.106. The Balaban J connectivity index is -0.000000147. The molecule has 1 N–H and O–H groups in total. The van der Waals surface area contributed by atoms with Crippen molar-refractivity contribution in [3.63, 3.8) is 0 Å². The van der Waals surface area contributed by atoms with Crippen LogP contribution in [-0.4, -0.2) is 39.9 Å². The van der Waals surface area contributed by atoms with Crippen molar-refractivity contribution >= 4 is 12.6 Å². The highest BCUT2D eigenvalue weighted by Crippen LogP contribution is 1.52. The summed E-state index contributed by atoms with van der Waals surface area (Å²) >= 11 is 0. The van der Waals surface area contributed by atoms with Crippen LogP contribution in [0.1, 0.15) is 13.8 Å². The third-order valence-corrected chi connectivity index (χ3v) is 0.715. The average molecular weight is 201 g/mol. The van der Waals surface area contributed by atoms with E-state index in [1.165, 1.54) is 6.92 Å². The molecule has 0 amide bonds. The molecule has 0 saturated heterocycles. The number of rotatable bonds is 2. The Kier molecular flexibility index (Phi) is 39.5. The van der Waals surface area contributed by atoms with Crippen molar-refractivity contribution < 1.29 is 14.3 Å². The summed E-state index contributed by atoms with van der Waals surface area (Å²) < 4.78 is 4.54. The summed E-state index contributed by atoms with van der Waals surface area (Å²) in [6.07, 6.45) is 1.33. The van der Waals surface area contributed by atoms with Gasteiger partial charge in [-0.15, -0.1) is 0 Å². The molecule has 82 valence electrons. The fourth-order valence-corrected chi connectivity index (χ4v) is 0.181. The van der Waals surface area contributed by atoms with Crippen molar-refractivity contribution in [1.29, 1.82) is 0 Å². The van der Waals surface area contributed by atoms with Gasteiger partial charge in [0.15, 0.2) is 6.29 Å². The molecule has 0 aliphatic heterocycles. The molecule has 4 nitrogen and oxygen atoms in total. The molecule has 0 aromatic rings. The molecule has 0 atom stereocenters. The molecule has 0 unspecified atom stereocenters. The highest BCUT2D eigenvalue weighted by molar-refractivity contribution is 5.72. The van der Waals surface area contributed by atoms with Gasteiger partial charge in [-0.3, -0.25) is 4.79 Å². The SMILES string of the molecule is CC=O.CCOC.CNCC#CC=O. The van der Waals surface area contributed by atoms with Gasteiger partial charge in [0.2, 0.25) is 0 Å². The number of nitrogens with one attached hydrogen (secondary N) is 1. The molecule has 0 bridgehead atoms. The maximum absolute atomic E-state index is 9.48. The fourth-order valence-electron chi connectivity index (χ4n) is 0.181. The second kappa shape index (κ2) is 29.8. The third-order valence-electron chi connectivity index (χ3n) is 0.715. The molecular formula is C10H19NO3. The van der Waals surface area contributed by atoms with Crippen LogP contribution < -0.4 is 5.32 Å². The molecular weight excluding hydrogens is 182 g/mol. The first-order chi connectivity index (χ1) is 6.74. The minimum atomic E-state index is 0.581. The predicted octanol–water partition coefficient (Wildman–Crippen LogP) is 0.266. The Bertz CT molecular complexity index is 156. The van der Waals surface area contributed by atoms with Crippen molar-refractivity contribution in [1.82, 2.24) is 5.32 Å². The van der Waals surface area contributed by atoms with E-state index in [9.17, 15) is 4.79 Å². The zero-order valence-electron chi connectivity index (χ0n) is 9.29. The van der Waals surface area contributed by atoms with E-state index in [1.807, 2.05) is 6.92 Å². The molecule has 0 radical (unpaired) electrons. The highest BCUT2D eigenvalue weighted by Gasteiger charge is 1.62. The third kappa shape index (κ3) is 71.5. The van der Waals surface area contributed by atoms with Crippen LogP contribution in [0.2, 0.25) is 0 Å². The van der Waals surface area contributed by atoms with E-state index in [1.54, 1.807) is 14.2 Å². The van der Waals surface area contributed by atoms with Gasteiger partial charge in [-0.2, -0.15) is 0 Å². The Morgan fingerprint density at radius 1 is 1.43 bits per heavy atom. The average Bonchev–Trinajstić information content (AvgIpc) is 2.20. The Morgan fingerprint density at radius 3 is 2.07 bits per heavy atom. The second-order valence-electron chi connectivity index (χ2n) is 1.78. The summed E-state index contributed by atoms with van der Waals surface area (Å²) in [6.45, 7) is 4.80. The van der Waals surface area contributed by atoms with Gasteiger partial charge in [0.1, 0.15) is 6.29 Å². The van der Waals surface area contributed by atoms with Gasteiger partial charge in [-0.25, -0.2) is 0 Å². The lowest BCUT2D eigenvalue weighted by atomic mass is 10.6. The van der Waals surface area contributed by atoms with Crippen molar-refractivity contribution in [2.45, 2.75) is 13.8 Å². The summed E-state index contributed by atoms with van der Waals surface area (Å²) in [4.78, 5) is 18.3. The number of ether oxygens (including phenoxy) is 1. The van der Waals surface area contributed by atoms with Gasteiger partial charge in [-0.05, 0) is 26.8 Å². The molecule has 0 heterocycles. The molecule has 0 aromatic heterocycles. The van der Waals surface area contributed by atoms with E-state index in [0.717, 1.165) is 12.9 Å². The number of hydrogen-bond donors (Lipinski definition) is 1. The first-order valence-electron chi connectivity index (χ1n) is 4.20. The largest absolute Gasteiger partial charge is 0.385 e. The molecule has 0 aromatic carbocycles. The molecule has 0 saturated carbocycles. The van der Waals surface area contributed by atoms with Crippen LogP contribution in [-0.2, 0) is 14.3 Å². The number of carbonyl (C=O) groups excluding carboxylic acids is 2. The van der Waals surface area contributed by atoms with Crippen LogP contribution in [0.4, 0.5) is 0 Å². The minimum absolute atomic E-state index is 0.581. The van der Waals surface area contributed by atoms with Crippen molar-refractivity contribution in [2.75, 3.05) is 27.3 Å². The fraction of sp³-hybridized carbons (Fsp3) is 0.600. The summed E-state index contributed by atoms with van der Waals surface area (Å²) in [7, 11) is 3.46. The van der Waals surface area contributed by atoms with Gasteiger partial charge in [0, 0.05) is 13.7 Å². The van der Waals surface area contributed by atoms with Gasteiger partial charge >= 0.3 is 0 Å². The van der Waals surface area contributed by atoms with Gasteiger partial charge in [0.25, 0.3) is 0 Å². The highest BCUT2D eigenvalue weighted by atomic mass is 16.5. The van der Waals surface area contributed by atoms with Crippen molar-refractivity contribution in [3.8, 4) is 11.8 Å². The van der Waals surface area contributed by atoms with E-state index >= 15 is 0 Å². The van der Waals surface area contributed by atoms with Gasteiger partial charge < -0.3 is 14.8 Å². The summed E-state index contributed by atoms with van der Waals surface area (Å²) in [6, 6.07) is 0. The molecule has 0 fully saturated rings. The number of hydrogen-bond acceptors (Lipinski definition) is 4. The van der Waals surface area contributed by atoms with Crippen LogP contribution in [0.5, 0.6) is 0 Å². The minimum Gasteiger partial charge on any atom is -0.385 e. The monoisotopic (exact) mass is 201 g/mol. The number of methoxy groups -OCH3 is 1. The van der Waals surface area contributed by atoms with Gasteiger partial charge in [-0.1, -0.05) is 5.92 Å². The van der Waals surface area contributed by atoms with E-state index in [2.05, 4.69) is 21.9 Å². The zero-order chi connectivity index (χ0) is 11.7. The quantitative estimate of drug-likeness (QED) is 0.514. The van der Waals surface area contributed by atoms with E-state index in [0.29, 0.717) is 12.8 Å². The smallest absolute Gasteiger partial charge is 0.192 e. The summed E-state index contributed by atoms with van der Waals surface area (Å²) in [5.74, 6) is 4.81. The first kappa shape index (κ1) is 18.6. The predicted molar refractivity (Wildman–Crippen MR) is 57.1 cm³/mol. The van der Waals surface area contributed by atoms with Crippen LogP contribution in [0, 0.1) is 11.8 Å². The molecule has 0 spiro atoms. The van der Waals surface area contributed by atoms with Crippen molar-refractivity contribution in [3.05, 3.63) is 0 Å². The number of aldehydes is 2. The van der Waals surface area contributed by atoms with Gasteiger partial charge in [0.05, 0.1) is 6.54 Å². The topological polar surface area (TPSA) is 55.4 Å². The van der Waals surface area contributed by atoms with E-state index < -0.39 is 0 Å². The van der Waals surface area contributed by atoms with Crippen LogP contribution in [0.15, 0.2) is 0 Å². The van der Waals surface area contributed by atoms with Crippen LogP contribution >= 0.6 is 0 Å². The normalized spacial score (nSPS) is 6.29. The summed E-state index contributed by atoms with van der Waals surface area (Å²) in [5, 5.41) is 2.77. The lowest BCUT2D eigenvalue weighted by Crippen LogP contribution is -2.04. The lowest BCUT2D eigenvalue weighted by Gasteiger charge is -1.77. The molecule has 0 aliphatic carbocycles.